The highest BCUT2D eigenvalue weighted by molar-refractivity contribution is 7.99. The van der Waals surface area contributed by atoms with Crippen LogP contribution in [0.1, 0.15) is 21.5 Å². The van der Waals surface area contributed by atoms with Gasteiger partial charge in [0.2, 0.25) is 0 Å². The molecule has 0 spiro atoms. The van der Waals surface area contributed by atoms with E-state index < -0.39 is 4.92 Å². The lowest BCUT2D eigenvalue weighted by Crippen LogP contribution is -1.92. The van der Waals surface area contributed by atoms with Crippen molar-refractivity contribution in [3.63, 3.8) is 0 Å². The van der Waals surface area contributed by atoms with Crippen LogP contribution in [0.3, 0.4) is 0 Å². The van der Waals surface area contributed by atoms with Crippen molar-refractivity contribution in [3.05, 3.63) is 63.2 Å². The summed E-state index contributed by atoms with van der Waals surface area (Å²) in [7, 11) is 0. The van der Waals surface area contributed by atoms with Crippen molar-refractivity contribution in [2.75, 3.05) is 0 Å². The highest BCUT2D eigenvalue weighted by Gasteiger charge is 2.12. The molecule has 0 aliphatic rings. The maximum Gasteiger partial charge on any atom is 0.270 e. The molecule has 0 fully saturated rings. The fourth-order valence-corrected chi connectivity index (χ4v) is 2.82. The van der Waals surface area contributed by atoms with Crippen LogP contribution in [0.15, 0.2) is 46.2 Å². The van der Waals surface area contributed by atoms with E-state index in [0.717, 1.165) is 15.4 Å². The molecule has 0 heterocycles. The third-order valence-electron chi connectivity index (χ3n) is 2.88. The first-order chi connectivity index (χ1) is 9.51. The Morgan fingerprint density at radius 1 is 1.10 bits per heavy atom. The average Bonchev–Trinajstić information content (AvgIpc) is 2.42. The van der Waals surface area contributed by atoms with Crippen LogP contribution in [-0.2, 0) is 0 Å². The van der Waals surface area contributed by atoms with E-state index in [9.17, 15) is 14.9 Å². The number of carbonyl (C=O) groups excluding carboxylic acids is 1. The summed E-state index contributed by atoms with van der Waals surface area (Å²) >= 11 is 1.44. The highest BCUT2D eigenvalue weighted by Crippen LogP contribution is 2.33. The molecule has 0 radical (unpaired) electrons. The second-order valence-electron chi connectivity index (χ2n) is 4.47. The number of carbonyl (C=O) groups is 1. The Morgan fingerprint density at radius 2 is 1.80 bits per heavy atom. The topological polar surface area (TPSA) is 60.2 Å². The van der Waals surface area contributed by atoms with Gasteiger partial charge in [-0.25, -0.2) is 0 Å². The van der Waals surface area contributed by atoms with Gasteiger partial charge >= 0.3 is 0 Å². The molecular formula is C15H13NO3S. The van der Waals surface area contributed by atoms with Gasteiger partial charge in [-0.2, -0.15) is 0 Å². The van der Waals surface area contributed by atoms with E-state index in [0.29, 0.717) is 11.8 Å². The number of rotatable bonds is 4. The summed E-state index contributed by atoms with van der Waals surface area (Å²) in [6.45, 7) is 4.02. The van der Waals surface area contributed by atoms with Crippen molar-refractivity contribution in [2.45, 2.75) is 23.6 Å². The fourth-order valence-electron chi connectivity index (χ4n) is 1.87. The van der Waals surface area contributed by atoms with Crippen molar-refractivity contribution in [3.8, 4) is 0 Å². The van der Waals surface area contributed by atoms with Gasteiger partial charge in [-0.05, 0) is 31.5 Å². The minimum absolute atomic E-state index is 0.0721. The first-order valence-electron chi connectivity index (χ1n) is 6.00. The molecule has 0 saturated heterocycles. The van der Waals surface area contributed by atoms with Gasteiger partial charge in [-0.3, -0.25) is 14.9 Å². The van der Waals surface area contributed by atoms with E-state index in [2.05, 4.69) is 6.07 Å². The largest absolute Gasteiger partial charge is 0.298 e. The van der Waals surface area contributed by atoms with E-state index in [4.69, 9.17) is 0 Å². The molecule has 5 heteroatoms. The zero-order chi connectivity index (χ0) is 14.7. The molecule has 0 bridgehead atoms. The zero-order valence-corrected chi connectivity index (χ0v) is 11.9. The van der Waals surface area contributed by atoms with E-state index in [-0.39, 0.29) is 5.69 Å². The Morgan fingerprint density at radius 3 is 2.40 bits per heavy atom. The molecular weight excluding hydrogens is 274 g/mol. The average molecular weight is 287 g/mol. The number of aldehydes is 1. The molecule has 2 aromatic rings. The Kier molecular flexibility index (Phi) is 4.20. The SMILES string of the molecule is Cc1ccc(Sc2ccc([N+](=O)[O-])cc2C=O)c(C)c1. The molecule has 2 rings (SSSR count). The van der Waals surface area contributed by atoms with E-state index in [1.165, 1.54) is 29.5 Å². The Bertz CT molecular complexity index is 683. The van der Waals surface area contributed by atoms with E-state index >= 15 is 0 Å². The van der Waals surface area contributed by atoms with Gasteiger partial charge in [0.1, 0.15) is 0 Å². The summed E-state index contributed by atoms with van der Waals surface area (Å²) in [5.74, 6) is 0. The normalized spacial score (nSPS) is 10.3. The van der Waals surface area contributed by atoms with Gasteiger partial charge in [0, 0.05) is 27.5 Å². The summed E-state index contributed by atoms with van der Waals surface area (Å²) < 4.78 is 0. The molecule has 102 valence electrons. The van der Waals surface area contributed by atoms with Crippen molar-refractivity contribution in [2.24, 2.45) is 0 Å². The molecule has 0 amide bonds. The second kappa shape index (κ2) is 5.88. The standard InChI is InChI=1S/C15H13NO3S/c1-10-3-5-14(11(2)7-10)20-15-6-4-13(16(18)19)8-12(15)9-17/h3-9H,1-2H3. The van der Waals surface area contributed by atoms with Crippen LogP contribution in [-0.4, -0.2) is 11.2 Å². The number of benzene rings is 2. The van der Waals surface area contributed by atoms with Gasteiger partial charge in [0.15, 0.2) is 6.29 Å². The smallest absolute Gasteiger partial charge is 0.270 e. The van der Waals surface area contributed by atoms with Gasteiger partial charge in [0.25, 0.3) is 5.69 Å². The minimum atomic E-state index is -0.501. The number of nitrogens with zero attached hydrogens (tertiary/aromatic N) is 1. The Labute approximate surface area is 121 Å². The van der Waals surface area contributed by atoms with E-state index in [1.807, 2.05) is 26.0 Å². The van der Waals surface area contributed by atoms with Crippen LogP contribution in [0.5, 0.6) is 0 Å². The number of aryl methyl sites for hydroxylation is 2. The number of hydrogen-bond donors (Lipinski definition) is 0. The van der Waals surface area contributed by atoms with Crippen molar-refractivity contribution >= 4 is 23.7 Å². The lowest BCUT2D eigenvalue weighted by Gasteiger charge is -2.08. The van der Waals surface area contributed by atoms with Gasteiger partial charge in [-0.15, -0.1) is 0 Å². The number of nitro groups is 1. The Hall–Kier alpha value is -2.14. The fraction of sp³-hybridized carbons (Fsp3) is 0.133. The van der Waals surface area contributed by atoms with Gasteiger partial charge in [0.05, 0.1) is 4.92 Å². The third-order valence-corrected chi connectivity index (χ3v) is 4.15. The number of non-ortho nitro benzene ring substituents is 1. The second-order valence-corrected chi connectivity index (χ2v) is 5.55. The molecule has 0 atom stereocenters. The summed E-state index contributed by atoms with van der Waals surface area (Å²) in [4.78, 5) is 23.1. The van der Waals surface area contributed by atoms with Crippen molar-refractivity contribution < 1.29 is 9.72 Å². The predicted molar refractivity (Wildman–Crippen MR) is 78.5 cm³/mol. The van der Waals surface area contributed by atoms with Crippen LogP contribution in [0.4, 0.5) is 5.69 Å². The first-order valence-corrected chi connectivity index (χ1v) is 6.81. The lowest BCUT2D eigenvalue weighted by molar-refractivity contribution is -0.384. The van der Waals surface area contributed by atoms with Crippen molar-refractivity contribution in [1.82, 2.24) is 0 Å². The molecule has 2 aromatic carbocycles. The molecule has 0 aromatic heterocycles. The quantitative estimate of drug-likeness (QED) is 0.481. The monoisotopic (exact) mass is 287 g/mol. The van der Waals surface area contributed by atoms with Crippen LogP contribution in [0.25, 0.3) is 0 Å². The number of hydrogen-bond acceptors (Lipinski definition) is 4. The molecule has 0 N–H and O–H groups in total. The maximum absolute atomic E-state index is 11.1. The molecule has 0 unspecified atom stereocenters. The molecule has 0 aliphatic heterocycles. The summed E-state index contributed by atoms with van der Waals surface area (Å²) in [6, 6.07) is 10.4. The van der Waals surface area contributed by atoms with Gasteiger partial charge < -0.3 is 0 Å². The zero-order valence-electron chi connectivity index (χ0n) is 11.1. The highest BCUT2D eigenvalue weighted by atomic mass is 32.2. The summed E-state index contributed by atoms with van der Waals surface area (Å²) in [5.41, 5.74) is 2.55. The summed E-state index contributed by atoms with van der Waals surface area (Å²) in [6.07, 6.45) is 0.652. The van der Waals surface area contributed by atoms with Crippen LogP contribution < -0.4 is 0 Å². The maximum atomic E-state index is 11.1. The molecule has 4 nitrogen and oxygen atoms in total. The van der Waals surface area contributed by atoms with Crippen molar-refractivity contribution in [1.29, 1.82) is 0 Å². The molecule has 20 heavy (non-hydrogen) atoms. The molecule has 0 saturated carbocycles. The first kappa shape index (κ1) is 14.3. The van der Waals surface area contributed by atoms with E-state index in [1.54, 1.807) is 6.07 Å². The molecule has 0 aliphatic carbocycles. The van der Waals surface area contributed by atoms with Gasteiger partial charge in [-0.1, -0.05) is 29.5 Å². The number of nitro benzene ring substituents is 1. The van der Waals surface area contributed by atoms with Crippen LogP contribution in [0.2, 0.25) is 0 Å². The predicted octanol–water partition coefficient (Wildman–Crippen LogP) is 4.18. The minimum Gasteiger partial charge on any atom is -0.298 e. The Balaban J connectivity index is 2.38. The van der Waals surface area contributed by atoms with Crippen LogP contribution in [0, 0.1) is 24.0 Å². The third kappa shape index (κ3) is 3.05. The summed E-state index contributed by atoms with van der Waals surface area (Å²) in [5, 5.41) is 10.7. The van der Waals surface area contributed by atoms with Crippen LogP contribution >= 0.6 is 11.8 Å². The lowest BCUT2D eigenvalue weighted by atomic mass is 10.2.